The Bertz CT molecular complexity index is 431. The van der Waals surface area contributed by atoms with Gasteiger partial charge in [0.15, 0.2) is 0 Å². The predicted octanol–water partition coefficient (Wildman–Crippen LogP) is -0.698. The first-order valence-electron chi connectivity index (χ1n) is 5.89. The Labute approximate surface area is 111 Å². The molecule has 1 rings (SSSR count). The Kier molecular flexibility index (Phi) is 5.25. The van der Waals surface area contributed by atoms with E-state index >= 15 is 0 Å². The Morgan fingerprint density at radius 3 is 2.26 bits per heavy atom. The summed E-state index contributed by atoms with van der Waals surface area (Å²) in [7, 11) is 0. The molecule has 2 amide bonds. The molecule has 0 spiro atoms. The molecule has 0 saturated heterocycles. The minimum atomic E-state index is -0.630. The summed E-state index contributed by atoms with van der Waals surface area (Å²) >= 11 is 0. The van der Waals surface area contributed by atoms with E-state index in [4.69, 9.17) is 11.5 Å². The van der Waals surface area contributed by atoms with Gasteiger partial charge < -0.3 is 21.5 Å². The van der Waals surface area contributed by atoms with Crippen molar-refractivity contribution in [2.45, 2.75) is 19.4 Å². The molecule has 5 N–H and O–H groups in total. The van der Waals surface area contributed by atoms with Gasteiger partial charge in [0.2, 0.25) is 11.8 Å². The van der Waals surface area contributed by atoms with Gasteiger partial charge in [0.1, 0.15) is 0 Å². The molecule has 0 aliphatic carbocycles. The number of aromatic nitrogens is 1. The van der Waals surface area contributed by atoms with Crippen LogP contribution < -0.4 is 16.4 Å². The second-order valence-electron chi connectivity index (χ2n) is 4.15. The molecule has 104 valence electrons. The topological polar surface area (TPSA) is 123 Å². The minimum absolute atomic E-state index is 0.125. The zero-order valence-corrected chi connectivity index (χ0v) is 10.7. The number of carbonyl (C=O) groups excluding carboxylic acids is 2. The maximum atomic E-state index is 11.0. The molecule has 19 heavy (non-hydrogen) atoms. The van der Waals surface area contributed by atoms with E-state index in [2.05, 4.69) is 4.98 Å². The summed E-state index contributed by atoms with van der Waals surface area (Å²) in [5.74, 6) is -1.14. The van der Waals surface area contributed by atoms with Gasteiger partial charge in [-0.05, 0) is 18.6 Å². The molecule has 1 aromatic heterocycles. The fraction of sp³-hybridized carbons (Fsp3) is 0.417. The van der Waals surface area contributed by atoms with Crippen LogP contribution in [0.4, 0.5) is 5.69 Å². The molecule has 0 bridgehead atoms. The number of anilines is 1. The molecular weight excluding hydrogens is 248 g/mol. The first-order valence-corrected chi connectivity index (χ1v) is 5.89. The molecule has 7 heteroatoms. The normalized spacial score (nSPS) is 11.9. The van der Waals surface area contributed by atoms with Gasteiger partial charge in [-0.3, -0.25) is 14.6 Å². The lowest BCUT2D eigenvalue weighted by Crippen LogP contribution is -2.39. The number of aliphatic hydroxyl groups is 1. The van der Waals surface area contributed by atoms with E-state index in [1.165, 1.54) is 11.1 Å². The molecule has 1 aromatic rings. The maximum Gasteiger partial charge on any atom is 0.236 e. The smallest absolute Gasteiger partial charge is 0.236 e. The molecule has 0 saturated carbocycles. The maximum absolute atomic E-state index is 11.0. The standard InChI is InChI=1S/C12H18N4O3/c1-2-10(17)9-4-3-8(5-15-9)16(6-11(13)18)7-12(14)19/h3-5,10,17H,2,6-7H2,1H3,(H2,13,18)(H2,14,19). The number of nitrogens with zero attached hydrogens (tertiary/aromatic N) is 2. The molecule has 1 unspecified atom stereocenters. The summed E-state index contributed by atoms with van der Waals surface area (Å²) in [5, 5.41) is 9.63. The lowest BCUT2D eigenvalue weighted by molar-refractivity contribution is -0.117. The third-order valence-electron chi connectivity index (χ3n) is 2.56. The molecule has 0 aliphatic rings. The Morgan fingerprint density at radius 1 is 1.32 bits per heavy atom. The van der Waals surface area contributed by atoms with Crippen LogP contribution in [0, 0.1) is 0 Å². The van der Waals surface area contributed by atoms with Gasteiger partial charge in [0, 0.05) is 0 Å². The Morgan fingerprint density at radius 2 is 1.89 bits per heavy atom. The Hall–Kier alpha value is -2.15. The van der Waals surface area contributed by atoms with Crippen molar-refractivity contribution < 1.29 is 14.7 Å². The third kappa shape index (κ3) is 4.55. The molecule has 0 aromatic carbocycles. The highest BCUT2D eigenvalue weighted by Gasteiger charge is 2.13. The predicted molar refractivity (Wildman–Crippen MR) is 70.1 cm³/mol. The molecule has 1 atom stereocenters. The number of rotatable bonds is 7. The number of aliphatic hydroxyl groups excluding tert-OH is 1. The number of carbonyl (C=O) groups is 2. The second-order valence-corrected chi connectivity index (χ2v) is 4.15. The quantitative estimate of drug-likeness (QED) is 0.602. The average molecular weight is 266 g/mol. The number of hydrogen-bond acceptors (Lipinski definition) is 5. The van der Waals surface area contributed by atoms with Gasteiger partial charge >= 0.3 is 0 Å². The van der Waals surface area contributed by atoms with E-state index in [0.29, 0.717) is 17.8 Å². The molecule has 7 nitrogen and oxygen atoms in total. The van der Waals surface area contributed by atoms with E-state index in [1.54, 1.807) is 12.1 Å². The van der Waals surface area contributed by atoms with Crippen molar-refractivity contribution in [2.75, 3.05) is 18.0 Å². The fourth-order valence-electron chi connectivity index (χ4n) is 1.61. The summed E-state index contributed by atoms with van der Waals surface area (Å²) in [6.45, 7) is 1.59. The van der Waals surface area contributed by atoms with E-state index in [9.17, 15) is 14.7 Å². The van der Waals surface area contributed by atoms with Gasteiger partial charge in [-0.15, -0.1) is 0 Å². The van der Waals surface area contributed by atoms with Gasteiger partial charge in [-0.25, -0.2) is 0 Å². The highest BCUT2D eigenvalue weighted by Crippen LogP contribution is 2.18. The van der Waals surface area contributed by atoms with Crippen molar-refractivity contribution in [3.63, 3.8) is 0 Å². The lowest BCUT2D eigenvalue weighted by Gasteiger charge is -2.21. The number of primary amides is 2. The molecule has 0 radical (unpaired) electrons. The van der Waals surface area contributed by atoms with Crippen LogP contribution in [0.25, 0.3) is 0 Å². The first-order chi connectivity index (χ1) is 8.93. The number of nitrogens with two attached hydrogens (primary N) is 2. The van der Waals surface area contributed by atoms with Crippen LogP contribution in [-0.2, 0) is 9.59 Å². The van der Waals surface area contributed by atoms with Crippen LogP contribution >= 0.6 is 0 Å². The number of pyridine rings is 1. The first kappa shape index (κ1) is 14.9. The SMILES string of the molecule is CCC(O)c1ccc(N(CC(N)=O)CC(N)=O)cn1. The summed E-state index contributed by atoms with van der Waals surface area (Å²) in [6.07, 6.45) is 1.40. The number of hydrogen-bond donors (Lipinski definition) is 3. The van der Waals surface area contributed by atoms with Crippen molar-refractivity contribution in [1.82, 2.24) is 4.98 Å². The molecule has 1 heterocycles. The summed E-state index contributed by atoms with van der Waals surface area (Å²) < 4.78 is 0. The Balaban J connectivity index is 2.89. The van der Waals surface area contributed by atoms with E-state index in [0.717, 1.165) is 0 Å². The third-order valence-corrected chi connectivity index (χ3v) is 2.56. The minimum Gasteiger partial charge on any atom is -0.387 e. The average Bonchev–Trinajstić information content (AvgIpc) is 2.36. The van der Waals surface area contributed by atoms with Crippen LogP contribution in [0.1, 0.15) is 25.1 Å². The lowest BCUT2D eigenvalue weighted by atomic mass is 10.2. The van der Waals surface area contributed by atoms with Crippen LogP contribution in [0.5, 0.6) is 0 Å². The van der Waals surface area contributed by atoms with E-state index in [-0.39, 0.29) is 13.1 Å². The van der Waals surface area contributed by atoms with Gasteiger partial charge in [-0.1, -0.05) is 6.92 Å². The largest absolute Gasteiger partial charge is 0.387 e. The summed E-state index contributed by atoms with van der Waals surface area (Å²) in [6, 6.07) is 3.30. The van der Waals surface area contributed by atoms with Crippen molar-refractivity contribution in [2.24, 2.45) is 11.5 Å². The number of amides is 2. The van der Waals surface area contributed by atoms with E-state index in [1.807, 2.05) is 6.92 Å². The van der Waals surface area contributed by atoms with Crippen molar-refractivity contribution in [3.8, 4) is 0 Å². The summed E-state index contributed by atoms with van der Waals surface area (Å²) in [4.78, 5) is 27.4. The van der Waals surface area contributed by atoms with Gasteiger partial charge in [-0.2, -0.15) is 0 Å². The zero-order valence-electron chi connectivity index (χ0n) is 10.7. The highest BCUT2D eigenvalue weighted by molar-refractivity contribution is 5.84. The van der Waals surface area contributed by atoms with Gasteiger partial charge in [0.05, 0.1) is 36.8 Å². The highest BCUT2D eigenvalue weighted by atomic mass is 16.3. The fourth-order valence-corrected chi connectivity index (χ4v) is 1.61. The molecule has 0 aliphatic heterocycles. The van der Waals surface area contributed by atoms with Crippen molar-refractivity contribution in [3.05, 3.63) is 24.0 Å². The van der Waals surface area contributed by atoms with E-state index < -0.39 is 17.9 Å². The summed E-state index contributed by atoms with van der Waals surface area (Å²) in [5.41, 5.74) is 11.3. The molecule has 0 fully saturated rings. The van der Waals surface area contributed by atoms with Crippen LogP contribution in [0.3, 0.4) is 0 Å². The van der Waals surface area contributed by atoms with Crippen LogP contribution in [-0.4, -0.2) is 35.0 Å². The van der Waals surface area contributed by atoms with Crippen LogP contribution in [0.15, 0.2) is 18.3 Å². The van der Waals surface area contributed by atoms with Crippen LogP contribution in [0.2, 0.25) is 0 Å². The molecular formula is C12H18N4O3. The van der Waals surface area contributed by atoms with Crippen molar-refractivity contribution in [1.29, 1.82) is 0 Å². The van der Waals surface area contributed by atoms with Crippen molar-refractivity contribution >= 4 is 17.5 Å². The zero-order chi connectivity index (χ0) is 14.4. The monoisotopic (exact) mass is 266 g/mol. The van der Waals surface area contributed by atoms with Gasteiger partial charge in [0.25, 0.3) is 0 Å². The second kappa shape index (κ2) is 6.69.